The number of amides is 2. The van der Waals surface area contributed by atoms with Gasteiger partial charge in [-0.15, -0.1) is 0 Å². The molecule has 1 unspecified atom stereocenters. The number of nitro benzene ring substituents is 2. The molecule has 11 nitrogen and oxygen atoms in total. The highest BCUT2D eigenvalue weighted by Gasteiger charge is 2.42. The minimum atomic E-state index is -1.02. The lowest BCUT2D eigenvalue weighted by atomic mass is 10.1. The number of nitrogens with one attached hydrogen (secondary N) is 1. The maximum Gasteiger partial charge on any atom is 0.280 e. The molecule has 0 bridgehead atoms. The van der Waals surface area contributed by atoms with E-state index in [0.29, 0.717) is 10.7 Å². The molecular weight excluding hydrogens is 626 g/mol. The van der Waals surface area contributed by atoms with Crippen LogP contribution in [0.3, 0.4) is 0 Å². The minimum Gasteiger partial charge on any atom is -0.330 e. The Morgan fingerprint density at radius 1 is 0.886 bits per heavy atom. The number of rotatable bonds is 7. The fourth-order valence-corrected chi connectivity index (χ4v) is 7.38. The van der Waals surface area contributed by atoms with Crippen molar-refractivity contribution >= 4 is 75.8 Å². The number of nitrogens with zero attached hydrogens (tertiary/aromatic N) is 4. The first-order chi connectivity index (χ1) is 21.2. The van der Waals surface area contributed by atoms with Crippen molar-refractivity contribution in [3.05, 3.63) is 132 Å². The summed E-state index contributed by atoms with van der Waals surface area (Å²) in [6.45, 7) is -0.202. The highest BCUT2D eigenvalue weighted by molar-refractivity contribution is 8.04. The molecule has 2 aliphatic rings. The lowest BCUT2D eigenvalue weighted by Gasteiger charge is -2.33. The van der Waals surface area contributed by atoms with Crippen LogP contribution in [0.15, 0.2) is 106 Å². The van der Waals surface area contributed by atoms with E-state index in [1.54, 1.807) is 40.9 Å². The topological polar surface area (TPSA) is 139 Å². The normalized spacial score (nSPS) is 16.4. The van der Waals surface area contributed by atoms with Gasteiger partial charge in [0.2, 0.25) is 0 Å². The Morgan fingerprint density at radius 3 is 2.32 bits per heavy atom. The Morgan fingerprint density at radius 2 is 1.55 bits per heavy atom. The summed E-state index contributed by atoms with van der Waals surface area (Å²) in [5, 5.41) is 24.0. The van der Waals surface area contributed by atoms with Gasteiger partial charge >= 0.3 is 0 Å². The third kappa shape index (κ3) is 5.60. The molecule has 4 aromatic rings. The second kappa shape index (κ2) is 12.0. The number of carbonyl (C=O) groups is 2. The number of benzene rings is 4. The highest BCUT2D eigenvalue weighted by Crippen LogP contribution is 2.50. The van der Waals surface area contributed by atoms with Gasteiger partial charge in [-0.05, 0) is 48.5 Å². The molecule has 1 N–H and O–H groups in total. The quantitative estimate of drug-likeness (QED) is 0.127. The van der Waals surface area contributed by atoms with Crippen molar-refractivity contribution in [3.63, 3.8) is 0 Å². The third-order valence-electron chi connectivity index (χ3n) is 6.86. The van der Waals surface area contributed by atoms with Crippen LogP contribution < -0.4 is 10.3 Å². The first-order valence-electron chi connectivity index (χ1n) is 13.0. The molecular formula is C30H20ClN5O6S2. The Labute approximate surface area is 263 Å². The van der Waals surface area contributed by atoms with Crippen LogP contribution in [0.5, 0.6) is 0 Å². The molecule has 0 radical (unpaired) electrons. The van der Waals surface area contributed by atoms with E-state index < -0.39 is 27.0 Å². The molecule has 0 spiro atoms. The van der Waals surface area contributed by atoms with Crippen molar-refractivity contribution < 1.29 is 19.4 Å². The van der Waals surface area contributed by atoms with Crippen LogP contribution in [0.4, 0.5) is 22.7 Å². The number of anilines is 2. The van der Waals surface area contributed by atoms with Crippen LogP contribution in [0, 0.1) is 20.2 Å². The number of hydrogen-bond acceptors (Lipinski definition) is 9. The van der Waals surface area contributed by atoms with Gasteiger partial charge in [0.05, 0.1) is 37.3 Å². The molecule has 14 heteroatoms. The maximum absolute atomic E-state index is 13.8. The first-order valence-corrected chi connectivity index (χ1v) is 15.1. The molecule has 1 saturated heterocycles. The van der Waals surface area contributed by atoms with E-state index in [1.165, 1.54) is 42.5 Å². The van der Waals surface area contributed by atoms with Crippen molar-refractivity contribution in [1.29, 1.82) is 0 Å². The molecule has 2 heterocycles. The van der Waals surface area contributed by atoms with Gasteiger partial charge in [-0.1, -0.05) is 71.5 Å². The van der Waals surface area contributed by atoms with E-state index in [9.17, 15) is 29.8 Å². The largest absolute Gasteiger partial charge is 0.330 e. The highest BCUT2D eigenvalue weighted by atomic mass is 35.5. The standard InChI is InChI=1S/C30H20ClN5O6S2/c31-19-13-14-26-24(16-19)33(23-11-5-6-12-25(23)43-26)17-28(37)32-34-29(38)27(15-18-7-1-3-9-21(18)35(39)40)44-30(34)20-8-2-4-10-22(20)36(41)42/h1-16,30H,17H2,(H,32,37)/b27-15-. The van der Waals surface area contributed by atoms with Crippen LogP contribution in [-0.2, 0) is 9.59 Å². The zero-order chi connectivity index (χ0) is 31.0. The lowest BCUT2D eigenvalue weighted by Crippen LogP contribution is -2.48. The molecule has 2 amide bonds. The van der Waals surface area contributed by atoms with Crippen LogP contribution in [0.1, 0.15) is 16.5 Å². The van der Waals surface area contributed by atoms with Gasteiger partial charge in [0.1, 0.15) is 11.9 Å². The van der Waals surface area contributed by atoms with Gasteiger partial charge in [-0.25, -0.2) is 5.01 Å². The second-order valence-electron chi connectivity index (χ2n) is 9.59. The number of hydrazine groups is 1. The Balaban J connectivity index is 1.36. The molecule has 1 fully saturated rings. The van der Waals surface area contributed by atoms with Crippen LogP contribution in [-0.4, -0.2) is 33.2 Å². The molecule has 0 aromatic heterocycles. The zero-order valence-corrected chi connectivity index (χ0v) is 24.8. The van der Waals surface area contributed by atoms with Crippen LogP contribution in [0.25, 0.3) is 6.08 Å². The van der Waals surface area contributed by atoms with Crippen LogP contribution in [0.2, 0.25) is 5.02 Å². The molecule has 6 rings (SSSR count). The first kappa shape index (κ1) is 29.2. The summed E-state index contributed by atoms with van der Waals surface area (Å²) in [6.07, 6.45) is 1.36. The maximum atomic E-state index is 13.8. The van der Waals surface area contributed by atoms with Gasteiger partial charge in [-0.2, -0.15) is 0 Å². The summed E-state index contributed by atoms with van der Waals surface area (Å²) >= 11 is 8.80. The summed E-state index contributed by atoms with van der Waals surface area (Å²) in [7, 11) is 0. The van der Waals surface area contributed by atoms with E-state index in [0.717, 1.165) is 32.2 Å². The van der Waals surface area contributed by atoms with E-state index in [1.807, 2.05) is 30.3 Å². The van der Waals surface area contributed by atoms with E-state index in [4.69, 9.17) is 11.6 Å². The second-order valence-corrected chi connectivity index (χ2v) is 12.2. The average Bonchev–Trinajstić information content (AvgIpc) is 3.31. The lowest BCUT2D eigenvalue weighted by molar-refractivity contribution is -0.385. The zero-order valence-electron chi connectivity index (χ0n) is 22.5. The number of thioether (sulfide) groups is 1. The number of fused-ring (bicyclic) bond motifs is 2. The van der Waals surface area contributed by atoms with Crippen molar-refractivity contribution in [2.75, 3.05) is 11.4 Å². The molecule has 44 heavy (non-hydrogen) atoms. The third-order valence-corrected chi connectivity index (χ3v) is 9.46. The molecule has 0 aliphatic carbocycles. The number of hydrogen-bond donors (Lipinski definition) is 1. The number of carbonyl (C=O) groups excluding carboxylic acids is 2. The molecule has 1 atom stereocenters. The Hall–Kier alpha value is -4.85. The molecule has 4 aromatic carbocycles. The molecule has 0 saturated carbocycles. The summed E-state index contributed by atoms with van der Waals surface area (Å²) in [6, 6.07) is 24.8. The number of para-hydroxylation sites is 3. The SMILES string of the molecule is O=C(CN1c2ccccc2Sc2ccc(Cl)cc21)NN1C(=O)/C(=C/c2ccccc2[N+](=O)[O-])SC1c1ccccc1[N+](=O)[O-]. The summed E-state index contributed by atoms with van der Waals surface area (Å²) in [4.78, 5) is 53.5. The Bertz CT molecular complexity index is 1890. The minimum absolute atomic E-state index is 0.0691. The van der Waals surface area contributed by atoms with Gasteiger partial charge in [-0.3, -0.25) is 35.2 Å². The number of halogens is 1. The van der Waals surface area contributed by atoms with Crippen molar-refractivity contribution in [2.45, 2.75) is 15.2 Å². The van der Waals surface area contributed by atoms with Gasteiger partial charge in [0.25, 0.3) is 23.2 Å². The summed E-state index contributed by atoms with van der Waals surface area (Å²) in [5.74, 6) is -1.23. The van der Waals surface area contributed by atoms with Crippen molar-refractivity contribution in [2.24, 2.45) is 0 Å². The monoisotopic (exact) mass is 645 g/mol. The fourth-order valence-electron chi connectivity index (χ4n) is 4.92. The molecule has 2 aliphatic heterocycles. The van der Waals surface area contributed by atoms with Gasteiger partial charge < -0.3 is 4.90 Å². The van der Waals surface area contributed by atoms with E-state index in [-0.39, 0.29) is 34.0 Å². The molecule has 220 valence electrons. The van der Waals surface area contributed by atoms with Crippen LogP contribution >= 0.6 is 35.1 Å². The number of nitro groups is 2. The van der Waals surface area contributed by atoms with Crippen molar-refractivity contribution in [1.82, 2.24) is 10.4 Å². The smallest absolute Gasteiger partial charge is 0.280 e. The van der Waals surface area contributed by atoms with E-state index in [2.05, 4.69) is 5.43 Å². The van der Waals surface area contributed by atoms with Crippen molar-refractivity contribution in [3.8, 4) is 0 Å². The fraction of sp³-hybridized carbons (Fsp3) is 0.0667. The summed E-state index contributed by atoms with van der Waals surface area (Å²) < 4.78 is 0. The van der Waals surface area contributed by atoms with E-state index >= 15 is 0 Å². The predicted molar refractivity (Wildman–Crippen MR) is 169 cm³/mol. The van der Waals surface area contributed by atoms with Gasteiger partial charge in [0, 0.05) is 26.9 Å². The predicted octanol–water partition coefficient (Wildman–Crippen LogP) is 7.11. The summed E-state index contributed by atoms with van der Waals surface area (Å²) in [5.41, 5.74) is 4.06. The Kier molecular flexibility index (Phi) is 7.99. The van der Waals surface area contributed by atoms with Gasteiger partial charge in [0.15, 0.2) is 0 Å². The average molecular weight is 646 g/mol.